The van der Waals surface area contributed by atoms with Crippen LogP contribution in [0.15, 0.2) is 22.8 Å². The standard InChI is InChI=1S/C6H7NO2/c7-5(4-8)6-2-1-3-9-6/h1-5H,7H2. The van der Waals surface area contributed by atoms with Crippen LogP contribution in [0.3, 0.4) is 0 Å². The summed E-state index contributed by atoms with van der Waals surface area (Å²) >= 11 is 0. The maximum atomic E-state index is 10.0. The largest absolute Gasteiger partial charge is 0.467 e. The van der Waals surface area contributed by atoms with Gasteiger partial charge in [-0.1, -0.05) is 0 Å². The third-order valence-corrected chi connectivity index (χ3v) is 1.02. The van der Waals surface area contributed by atoms with Gasteiger partial charge in [0.2, 0.25) is 0 Å². The Balaban J connectivity index is 2.76. The maximum absolute atomic E-state index is 10.0. The monoisotopic (exact) mass is 125 g/mol. The number of nitrogens with two attached hydrogens (primary N) is 1. The number of rotatable bonds is 2. The Labute approximate surface area is 52.5 Å². The highest BCUT2D eigenvalue weighted by molar-refractivity contribution is 5.59. The molecule has 3 nitrogen and oxygen atoms in total. The zero-order valence-corrected chi connectivity index (χ0v) is 4.78. The van der Waals surface area contributed by atoms with Crippen LogP contribution in [0.5, 0.6) is 0 Å². The molecule has 0 amide bonds. The van der Waals surface area contributed by atoms with Crippen LogP contribution >= 0.6 is 0 Å². The van der Waals surface area contributed by atoms with Crippen LogP contribution < -0.4 is 5.73 Å². The molecule has 48 valence electrons. The fraction of sp³-hybridized carbons (Fsp3) is 0.167. The lowest BCUT2D eigenvalue weighted by molar-refractivity contribution is -0.109. The molecule has 0 aromatic carbocycles. The van der Waals surface area contributed by atoms with Crippen LogP contribution in [-0.4, -0.2) is 6.29 Å². The molecule has 0 aliphatic carbocycles. The van der Waals surface area contributed by atoms with Crippen molar-refractivity contribution in [1.82, 2.24) is 0 Å². The topological polar surface area (TPSA) is 56.2 Å². The summed E-state index contributed by atoms with van der Waals surface area (Å²) in [4.78, 5) is 10.0. The zero-order valence-electron chi connectivity index (χ0n) is 4.78. The summed E-state index contributed by atoms with van der Waals surface area (Å²) in [5.74, 6) is 0.505. The SMILES string of the molecule is NC(C=O)c1ccco1. The average Bonchev–Trinajstić information content (AvgIpc) is 2.37. The highest BCUT2D eigenvalue weighted by Gasteiger charge is 2.04. The molecule has 1 aromatic rings. The van der Waals surface area contributed by atoms with Crippen LogP contribution in [0.25, 0.3) is 0 Å². The number of carbonyl (C=O) groups is 1. The van der Waals surface area contributed by atoms with E-state index in [1.165, 1.54) is 6.26 Å². The summed E-state index contributed by atoms with van der Waals surface area (Å²) in [5.41, 5.74) is 5.28. The number of hydrogen-bond donors (Lipinski definition) is 1. The molecular weight excluding hydrogens is 118 g/mol. The number of hydrogen-bond acceptors (Lipinski definition) is 3. The van der Waals surface area contributed by atoms with E-state index in [9.17, 15) is 4.79 Å². The summed E-state index contributed by atoms with van der Waals surface area (Å²) in [6.07, 6.45) is 2.12. The van der Waals surface area contributed by atoms with Crippen molar-refractivity contribution in [3.05, 3.63) is 24.2 Å². The molecule has 2 N–H and O–H groups in total. The molecule has 1 rings (SSSR count). The van der Waals surface area contributed by atoms with Gasteiger partial charge in [-0.15, -0.1) is 0 Å². The Morgan fingerprint density at radius 3 is 3.00 bits per heavy atom. The summed E-state index contributed by atoms with van der Waals surface area (Å²) in [6, 6.07) is 2.75. The third-order valence-electron chi connectivity index (χ3n) is 1.02. The zero-order chi connectivity index (χ0) is 6.69. The smallest absolute Gasteiger partial charge is 0.144 e. The number of aldehydes is 1. The van der Waals surface area contributed by atoms with Gasteiger partial charge in [0.1, 0.15) is 18.1 Å². The molecule has 0 fully saturated rings. The van der Waals surface area contributed by atoms with Gasteiger partial charge in [-0.3, -0.25) is 0 Å². The highest BCUT2D eigenvalue weighted by Crippen LogP contribution is 2.06. The van der Waals surface area contributed by atoms with Crippen molar-refractivity contribution in [1.29, 1.82) is 0 Å². The summed E-state index contributed by atoms with van der Waals surface area (Å²) in [5, 5.41) is 0. The Hall–Kier alpha value is -1.09. The number of furan rings is 1. The van der Waals surface area contributed by atoms with E-state index in [1.807, 2.05) is 0 Å². The van der Waals surface area contributed by atoms with Crippen LogP contribution in [0.2, 0.25) is 0 Å². The van der Waals surface area contributed by atoms with Crippen molar-refractivity contribution in [2.45, 2.75) is 6.04 Å². The normalized spacial score (nSPS) is 13.0. The van der Waals surface area contributed by atoms with Crippen molar-refractivity contribution < 1.29 is 9.21 Å². The van der Waals surface area contributed by atoms with Gasteiger partial charge < -0.3 is 14.9 Å². The first kappa shape index (κ1) is 6.04. The Morgan fingerprint density at radius 2 is 2.56 bits per heavy atom. The van der Waals surface area contributed by atoms with E-state index in [2.05, 4.69) is 0 Å². The third kappa shape index (κ3) is 1.17. The lowest BCUT2D eigenvalue weighted by Gasteiger charge is -1.94. The van der Waals surface area contributed by atoms with Crippen molar-refractivity contribution in [3.63, 3.8) is 0 Å². The Morgan fingerprint density at radius 1 is 1.78 bits per heavy atom. The summed E-state index contributed by atoms with van der Waals surface area (Å²) in [7, 11) is 0. The first-order valence-corrected chi connectivity index (χ1v) is 2.59. The first-order chi connectivity index (χ1) is 4.34. The lowest BCUT2D eigenvalue weighted by Crippen LogP contribution is -2.09. The van der Waals surface area contributed by atoms with Gasteiger partial charge in [0.25, 0.3) is 0 Å². The molecule has 1 heterocycles. The molecule has 9 heavy (non-hydrogen) atoms. The molecule has 1 atom stereocenters. The molecule has 0 saturated carbocycles. The Kier molecular flexibility index (Phi) is 1.65. The lowest BCUT2D eigenvalue weighted by atomic mass is 10.3. The fourth-order valence-corrected chi connectivity index (χ4v) is 0.548. The van der Waals surface area contributed by atoms with Crippen molar-refractivity contribution in [3.8, 4) is 0 Å². The molecular formula is C6H7NO2. The Bertz CT molecular complexity index is 181. The molecule has 1 unspecified atom stereocenters. The molecule has 0 saturated heterocycles. The molecule has 3 heteroatoms. The van der Waals surface area contributed by atoms with Crippen molar-refractivity contribution in [2.24, 2.45) is 5.73 Å². The van der Waals surface area contributed by atoms with Gasteiger partial charge in [0.05, 0.1) is 6.26 Å². The van der Waals surface area contributed by atoms with Crippen molar-refractivity contribution >= 4 is 6.29 Å². The van der Waals surface area contributed by atoms with E-state index in [0.717, 1.165) is 0 Å². The van der Waals surface area contributed by atoms with Gasteiger partial charge in [0.15, 0.2) is 0 Å². The molecule has 0 bridgehead atoms. The van der Waals surface area contributed by atoms with Crippen LogP contribution in [0.4, 0.5) is 0 Å². The summed E-state index contributed by atoms with van der Waals surface area (Å²) in [6.45, 7) is 0. The fourth-order valence-electron chi connectivity index (χ4n) is 0.548. The second kappa shape index (κ2) is 2.46. The summed E-state index contributed by atoms with van der Waals surface area (Å²) < 4.78 is 4.83. The quantitative estimate of drug-likeness (QED) is 0.585. The van der Waals surface area contributed by atoms with Gasteiger partial charge in [-0.05, 0) is 12.1 Å². The second-order valence-electron chi connectivity index (χ2n) is 1.68. The van der Waals surface area contributed by atoms with Crippen LogP contribution in [-0.2, 0) is 4.79 Å². The molecule has 1 aromatic heterocycles. The minimum atomic E-state index is -0.611. The second-order valence-corrected chi connectivity index (χ2v) is 1.68. The van der Waals surface area contributed by atoms with E-state index in [-0.39, 0.29) is 0 Å². The van der Waals surface area contributed by atoms with Gasteiger partial charge in [-0.25, -0.2) is 0 Å². The van der Waals surface area contributed by atoms with E-state index >= 15 is 0 Å². The minimum absolute atomic E-state index is 0.505. The van der Waals surface area contributed by atoms with Gasteiger partial charge in [-0.2, -0.15) is 0 Å². The van der Waals surface area contributed by atoms with Gasteiger partial charge >= 0.3 is 0 Å². The highest BCUT2D eigenvalue weighted by atomic mass is 16.3. The van der Waals surface area contributed by atoms with E-state index in [4.69, 9.17) is 10.2 Å². The molecule has 0 aliphatic rings. The van der Waals surface area contributed by atoms with E-state index in [0.29, 0.717) is 12.0 Å². The minimum Gasteiger partial charge on any atom is -0.467 e. The molecule has 0 spiro atoms. The van der Waals surface area contributed by atoms with Crippen LogP contribution in [0, 0.1) is 0 Å². The van der Waals surface area contributed by atoms with E-state index in [1.54, 1.807) is 12.1 Å². The predicted molar refractivity (Wildman–Crippen MR) is 31.7 cm³/mol. The molecule has 0 radical (unpaired) electrons. The predicted octanol–water partition coefficient (Wildman–Crippen LogP) is 0.478. The average molecular weight is 125 g/mol. The van der Waals surface area contributed by atoms with Crippen molar-refractivity contribution in [2.75, 3.05) is 0 Å². The van der Waals surface area contributed by atoms with Crippen LogP contribution in [0.1, 0.15) is 11.8 Å². The van der Waals surface area contributed by atoms with E-state index < -0.39 is 6.04 Å². The van der Waals surface area contributed by atoms with Gasteiger partial charge in [0, 0.05) is 0 Å². The molecule has 0 aliphatic heterocycles. The first-order valence-electron chi connectivity index (χ1n) is 2.59. The number of carbonyl (C=O) groups excluding carboxylic acids is 1. The maximum Gasteiger partial charge on any atom is 0.144 e.